The number of rotatable bonds is 5. The zero-order valence-electron chi connectivity index (χ0n) is 11.4. The van der Waals surface area contributed by atoms with Crippen molar-refractivity contribution in [3.05, 3.63) is 36.3 Å². The summed E-state index contributed by atoms with van der Waals surface area (Å²) in [4.78, 5) is 19.6. The Kier molecular flexibility index (Phi) is 3.53. The van der Waals surface area contributed by atoms with Crippen LogP contribution in [0.15, 0.2) is 30.7 Å². The summed E-state index contributed by atoms with van der Waals surface area (Å²) in [6, 6.07) is 4.93. The van der Waals surface area contributed by atoms with E-state index >= 15 is 0 Å². The Morgan fingerprint density at radius 3 is 2.81 bits per heavy atom. The van der Waals surface area contributed by atoms with Crippen LogP contribution in [0.25, 0.3) is 21.9 Å². The Bertz CT molecular complexity index is 810. The summed E-state index contributed by atoms with van der Waals surface area (Å²) in [5, 5.41) is 18.8. The van der Waals surface area contributed by atoms with E-state index in [-0.39, 0.29) is 12.2 Å². The molecular formula is C15H15N3O3. The van der Waals surface area contributed by atoms with E-state index < -0.39 is 5.97 Å². The first-order valence-corrected chi connectivity index (χ1v) is 6.78. The van der Waals surface area contributed by atoms with Gasteiger partial charge in [0.05, 0.1) is 29.1 Å². The zero-order chi connectivity index (χ0) is 14.8. The molecule has 2 N–H and O–H groups in total. The maximum atomic E-state index is 11.0. The molecule has 0 amide bonds. The fraction of sp³-hybridized carbons (Fsp3) is 0.267. The molecule has 3 rings (SSSR count). The topological polar surface area (TPSA) is 88.2 Å². The van der Waals surface area contributed by atoms with E-state index in [4.69, 9.17) is 10.2 Å². The number of aromatic carboxylic acids is 1. The minimum absolute atomic E-state index is 0.177. The first-order valence-electron chi connectivity index (χ1n) is 6.78. The lowest BCUT2D eigenvalue weighted by molar-refractivity contribution is 0.0697. The summed E-state index contributed by atoms with van der Waals surface area (Å²) in [5.41, 5.74) is 2.61. The van der Waals surface area contributed by atoms with Gasteiger partial charge in [0.25, 0.3) is 0 Å². The Hall–Kier alpha value is -2.47. The summed E-state index contributed by atoms with van der Waals surface area (Å²) < 4.78 is 2.02. The molecule has 6 heteroatoms. The van der Waals surface area contributed by atoms with Gasteiger partial charge in [-0.25, -0.2) is 9.78 Å². The molecule has 0 unspecified atom stereocenters. The van der Waals surface area contributed by atoms with E-state index in [1.807, 2.05) is 4.57 Å². The SMILES string of the molecule is O=C(O)c1ccc2c(c1)ncc1ncn(CCCCO)c12. The smallest absolute Gasteiger partial charge is 0.335 e. The number of carboxylic acids is 1. The number of pyridine rings is 1. The average molecular weight is 285 g/mol. The maximum Gasteiger partial charge on any atom is 0.335 e. The maximum absolute atomic E-state index is 11.0. The molecule has 21 heavy (non-hydrogen) atoms. The Labute approximate surface area is 120 Å². The largest absolute Gasteiger partial charge is 0.478 e. The lowest BCUT2D eigenvalue weighted by atomic mass is 10.1. The van der Waals surface area contributed by atoms with Crippen LogP contribution >= 0.6 is 0 Å². The third kappa shape index (κ3) is 2.45. The van der Waals surface area contributed by atoms with Gasteiger partial charge in [0.15, 0.2) is 0 Å². The number of fused-ring (bicyclic) bond motifs is 3. The molecule has 0 radical (unpaired) electrons. The number of aliphatic hydroxyl groups is 1. The number of carboxylic acid groups (broad SMARTS) is 1. The van der Waals surface area contributed by atoms with Crippen molar-refractivity contribution < 1.29 is 15.0 Å². The van der Waals surface area contributed by atoms with Crippen molar-refractivity contribution in [2.24, 2.45) is 0 Å². The highest BCUT2D eigenvalue weighted by Crippen LogP contribution is 2.24. The second kappa shape index (κ2) is 5.49. The molecule has 1 aromatic carbocycles. The molecule has 0 bridgehead atoms. The van der Waals surface area contributed by atoms with Crippen molar-refractivity contribution in [3.8, 4) is 0 Å². The van der Waals surface area contributed by atoms with Crippen molar-refractivity contribution in [2.75, 3.05) is 6.61 Å². The van der Waals surface area contributed by atoms with Crippen molar-refractivity contribution >= 4 is 27.9 Å². The summed E-state index contributed by atoms with van der Waals surface area (Å²) >= 11 is 0. The number of unbranched alkanes of at least 4 members (excludes halogenated alkanes) is 1. The van der Waals surface area contributed by atoms with Crippen LogP contribution < -0.4 is 0 Å². The highest BCUT2D eigenvalue weighted by Gasteiger charge is 2.10. The zero-order valence-corrected chi connectivity index (χ0v) is 11.4. The Balaban J connectivity index is 2.12. The molecular weight excluding hydrogens is 270 g/mol. The minimum Gasteiger partial charge on any atom is -0.478 e. The van der Waals surface area contributed by atoms with Crippen LogP contribution in [0.4, 0.5) is 0 Å². The number of benzene rings is 1. The van der Waals surface area contributed by atoms with Crippen LogP contribution in [-0.4, -0.2) is 37.3 Å². The first kappa shape index (κ1) is 13.5. The normalized spacial score (nSPS) is 11.3. The van der Waals surface area contributed by atoms with Gasteiger partial charge in [-0.1, -0.05) is 0 Å². The fourth-order valence-electron chi connectivity index (χ4n) is 2.45. The number of carbonyl (C=O) groups is 1. The molecule has 2 heterocycles. The number of nitrogens with zero attached hydrogens (tertiary/aromatic N) is 3. The van der Waals surface area contributed by atoms with Crippen LogP contribution in [0.2, 0.25) is 0 Å². The fourth-order valence-corrected chi connectivity index (χ4v) is 2.45. The van der Waals surface area contributed by atoms with Gasteiger partial charge in [-0.05, 0) is 31.0 Å². The number of imidazole rings is 1. The van der Waals surface area contributed by atoms with E-state index in [0.717, 1.165) is 35.8 Å². The minimum atomic E-state index is -0.963. The number of aryl methyl sites for hydroxylation is 1. The summed E-state index contributed by atoms with van der Waals surface area (Å²) in [5.74, 6) is -0.963. The number of hydrogen-bond donors (Lipinski definition) is 2. The van der Waals surface area contributed by atoms with Gasteiger partial charge in [0, 0.05) is 18.5 Å². The molecule has 2 aromatic heterocycles. The van der Waals surface area contributed by atoms with Crippen LogP contribution in [0.1, 0.15) is 23.2 Å². The van der Waals surface area contributed by atoms with Gasteiger partial charge in [-0.3, -0.25) is 4.98 Å². The standard InChI is InChI=1S/C15H15N3O3/c19-6-2-1-5-18-9-17-13-8-16-12-7-10(15(20)21)3-4-11(12)14(13)18/h3-4,7-9,19H,1-2,5-6H2,(H,20,21). The van der Waals surface area contributed by atoms with E-state index in [1.165, 1.54) is 0 Å². The second-order valence-corrected chi connectivity index (χ2v) is 4.90. The van der Waals surface area contributed by atoms with Gasteiger partial charge < -0.3 is 14.8 Å². The highest BCUT2D eigenvalue weighted by atomic mass is 16.4. The van der Waals surface area contributed by atoms with Crippen molar-refractivity contribution in [1.29, 1.82) is 0 Å². The molecule has 0 aliphatic heterocycles. The van der Waals surface area contributed by atoms with Gasteiger partial charge in [0.2, 0.25) is 0 Å². The van der Waals surface area contributed by atoms with Gasteiger partial charge in [0.1, 0.15) is 5.52 Å². The van der Waals surface area contributed by atoms with Crippen molar-refractivity contribution in [3.63, 3.8) is 0 Å². The molecule has 0 saturated heterocycles. The van der Waals surface area contributed by atoms with E-state index in [0.29, 0.717) is 5.52 Å². The van der Waals surface area contributed by atoms with Crippen molar-refractivity contribution in [1.82, 2.24) is 14.5 Å². The second-order valence-electron chi connectivity index (χ2n) is 4.90. The van der Waals surface area contributed by atoms with E-state index in [2.05, 4.69) is 9.97 Å². The number of hydrogen-bond acceptors (Lipinski definition) is 4. The molecule has 0 saturated carbocycles. The summed E-state index contributed by atoms with van der Waals surface area (Å²) in [6.45, 7) is 0.938. The predicted molar refractivity (Wildman–Crippen MR) is 78.3 cm³/mol. The Morgan fingerprint density at radius 2 is 2.05 bits per heavy atom. The lowest BCUT2D eigenvalue weighted by Crippen LogP contribution is -1.99. The Morgan fingerprint density at radius 1 is 1.19 bits per heavy atom. The molecule has 0 aliphatic carbocycles. The molecule has 108 valence electrons. The molecule has 3 aromatic rings. The van der Waals surface area contributed by atoms with Crippen LogP contribution in [-0.2, 0) is 6.54 Å². The monoisotopic (exact) mass is 285 g/mol. The lowest BCUT2D eigenvalue weighted by Gasteiger charge is -2.06. The van der Waals surface area contributed by atoms with Gasteiger partial charge in [-0.2, -0.15) is 0 Å². The highest BCUT2D eigenvalue weighted by molar-refractivity contribution is 6.04. The van der Waals surface area contributed by atoms with Gasteiger partial charge >= 0.3 is 5.97 Å². The predicted octanol–water partition coefficient (Wildman–Crippen LogP) is 2.06. The number of aromatic nitrogens is 3. The van der Waals surface area contributed by atoms with E-state index in [1.54, 1.807) is 30.7 Å². The molecule has 0 aliphatic rings. The average Bonchev–Trinajstić information content (AvgIpc) is 2.90. The third-order valence-corrected chi connectivity index (χ3v) is 3.50. The molecule has 0 spiro atoms. The molecule has 6 nitrogen and oxygen atoms in total. The van der Waals surface area contributed by atoms with E-state index in [9.17, 15) is 4.79 Å². The van der Waals surface area contributed by atoms with Crippen LogP contribution in [0.3, 0.4) is 0 Å². The molecule has 0 fully saturated rings. The van der Waals surface area contributed by atoms with Crippen molar-refractivity contribution in [2.45, 2.75) is 19.4 Å². The number of aliphatic hydroxyl groups excluding tert-OH is 1. The summed E-state index contributed by atoms with van der Waals surface area (Å²) in [6.07, 6.45) is 5.02. The quantitative estimate of drug-likeness (QED) is 0.700. The third-order valence-electron chi connectivity index (χ3n) is 3.50. The molecule has 0 atom stereocenters. The van der Waals surface area contributed by atoms with Crippen LogP contribution in [0, 0.1) is 0 Å². The van der Waals surface area contributed by atoms with Crippen LogP contribution in [0.5, 0.6) is 0 Å². The first-order chi connectivity index (χ1) is 10.2. The van der Waals surface area contributed by atoms with Gasteiger partial charge in [-0.15, -0.1) is 0 Å². The summed E-state index contributed by atoms with van der Waals surface area (Å²) in [7, 11) is 0.